The van der Waals surface area contributed by atoms with E-state index in [4.69, 9.17) is 23.2 Å². The highest BCUT2D eigenvalue weighted by atomic mass is 35.5. The van der Waals surface area contributed by atoms with E-state index >= 15 is 0 Å². The third-order valence-corrected chi connectivity index (χ3v) is 5.09. The Labute approximate surface area is 170 Å². The van der Waals surface area contributed by atoms with Crippen LogP contribution in [0, 0.1) is 0 Å². The number of hydrogen-bond donors (Lipinski definition) is 0. The third kappa shape index (κ3) is 5.96. The van der Waals surface area contributed by atoms with Crippen LogP contribution in [0.1, 0.15) is 11.1 Å². The van der Waals surface area contributed by atoms with Crippen LogP contribution in [0.5, 0.6) is 0 Å². The maximum Gasteiger partial charge on any atom is 0.246 e. The molecule has 2 aromatic rings. The summed E-state index contributed by atoms with van der Waals surface area (Å²) >= 11 is 12.0. The molecule has 0 aliphatic carbocycles. The van der Waals surface area contributed by atoms with Gasteiger partial charge < -0.3 is 4.90 Å². The van der Waals surface area contributed by atoms with Crippen LogP contribution in [0.25, 0.3) is 12.2 Å². The summed E-state index contributed by atoms with van der Waals surface area (Å²) in [6, 6.07) is 15.5. The zero-order valence-corrected chi connectivity index (χ0v) is 16.5. The molecule has 3 nitrogen and oxygen atoms in total. The van der Waals surface area contributed by atoms with Crippen molar-refractivity contribution >= 4 is 41.3 Å². The summed E-state index contributed by atoms with van der Waals surface area (Å²) in [6.45, 7) is 4.11. The van der Waals surface area contributed by atoms with Gasteiger partial charge in [-0.25, -0.2) is 0 Å². The van der Waals surface area contributed by atoms with Crippen LogP contribution in [0.3, 0.4) is 0 Å². The van der Waals surface area contributed by atoms with E-state index in [2.05, 4.69) is 29.2 Å². The van der Waals surface area contributed by atoms with Gasteiger partial charge in [-0.2, -0.15) is 0 Å². The molecule has 0 spiro atoms. The van der Waals surface area contributed by atoms with Crippen molar-refractivity contribution < 1.29 is 4.79 Å². The zero-order valence-electron chi connectivity index (χ0n) is 15.0. The standard InChI is InChI=1S/C22H22Cl2N2O/c23-20-10-8-19(21(24)17-20)9-11-22(27)26-15-13-25(14-16-26)12-4-7-18-5-2-1-3-6-18/h1-11,17H,12-16H2/b7-4+,11-9+. The van der Waals surface area contributed by atoms with Gasteiger partial charge in [0, 0.05) is 48.8 Å². The van der Waals surface area contributed by atoms with Gasteiger partial charge in [-0.3, -0.25) is 9.69 Å². The number of carbonyl (C=O) groups is 1. The second-order valence-electron chi connectivity index (χ2n) is 6.44. The average Bonchev–Trinajstić information content (AvgIpc) is 2.68. The summed E-state index contributed by atoms with van der Waals surface area (Å²) in [5.41, 5.74) is 2.00. The molecule has 0 bridgehead atoms. The second kappa shape index (κ2) is 9.75. The number of rotatable bonds is 5. The topological polar surface area (TPSA) is 23.6 Å². The summed E-state index contributed by atoms with van der Waals surface area (Å²) < 4.78 is 0. The third-order valence-electron chi connectivity index (χ3n) is 4.53. The molecule has 1 aliphatic heterocycles. The fourth-order valence-corrected chi connectivity index (χ4v) is 3.43. The predicted molar refractivity (Wildman–Crippen MR) is 114 cm³/mol. The Kier molecular flexibility index (Phi) is 7.11. The number of piperazine rings is 1. The molecule has 0 radical (unpaired) electrons. The Hall–Kier alpha value is -2.07. The van der Waals surface area contributed by atoms with Gasteiger partial charge in [0.25, 0.3) is 0 Å². The lowest BCUT2D eigenvalue weighted by Crippen LogP contribution is -2.48. The number of amides is 1. The smallest absolute Gasteiger partial charge is 0.246 e. The molecule has 5 heteroatoms. The van der Waals surface area contributed by atoms with Crippen molar-refractivity contribution in [2.45, 2.75) is 0 Å². The highest BCUT2D eigenvalue weighted by Gasteiger charge is 2.18. The Morgan fingerprint density at radius 3 is 2.41 bits per heavy atom. The van der Waals surface area contributed by atoms with E-state index in [9.17, 15) is 4.79 Å². The first-order valence-corrected chi connectivity index (χ1v) is 9.73. The number of halogens is 2. The van der Waals surface area contributed by atoms with Crippen LogP contribution in [0.2, 0.25) is 10.0 Å². The molecule has 0 unspecified atom stereocenters. The van der Waals surface area contributed by atoms with Crippen LogP contribution in [0.4, 0.5) is 0 Å². The molecule has 27 heavy (non-hydrogen) atoms. The van der Waals surface area contributed by atoms with Gasteiger partial charge in [0.1, 0.15) is 0 Å². The number of nitrogens with zero attached hydrogens (tertiary/aromatic N) is 2. The molecule has 0 atom stereocenters. The summed E-state index contributed by atoms with van der Waals surface area (Å²) in [4.78, 5) is 16.6. The fourth-order valence-electron chi connectivity index (χ4n) is 2.96. The minimum absolute atomic E-state index is 0.0143. The Morgan fingerprint density at radius 2 is 1.70 bits per heavy atom. The average molecular weight is 401 g/mol. The summed E-state index contributed by atoms with van der Waals surface area (Å²) in [5, 5.41) is 1.13. The normalized spacial score (nSPS) is 15.7. The van der Waals surface area contributed by atoms with Gasteiger partial charge in [0.15, 0.2) is 0 Å². The van der Waals surface area contributed by atoms with Crippen LogP contribution >= 0.6 is 23.2 Å². The van der Waals surface area contributed by atoms with E-state index in [0.717, 1.165) is 38.3 Å². The van der Waals surface area contributed by atoms with Crippen molar-refractivity contribution in [3.63, 3.8) is 0 Å². The summed E-state index contributed by atoms with van der Waals surface area (Å²) in [7, 11) is 0. The Bertz CT molecular complexity index is 825. The maximum atomic E-state index is 12.4. The molecule has 3 rings (SSSR count). The van der Waals surface area contributed by atoms with Crippen molar-refractivity contribution in [2.75, 3.05) is 32.7 Å². The monoisotopic (exact) mass is 400 g/mol. The molecule has 0 aromatic heterocycles. The van der Waals surface area contributed by atoms with Crippen molar-refractivity contribution in [2.24, 2.45) is 0 Å². The molecule has 140 valence electrons. The molecule has 1 amide bonds. The molecular formula is C22H22Cl2N2O. The highest BCUT2D eigenvalue weighted by molar-refractivity contribution is 6.35. The van der Waals surface area contributed by atoms with Crippen LogP contribution < -0.4 is 0 Å². The lowest BCUT2D eigenvalue weighted by molar-refractivity contribution is -0.127. The van der Waals surface area contributed by atoms with Crippen molar-refractivity contribution in [3.05, 3.63) is 81.9 Å². The SMILES string of the molecule is O=C(/C=C/c1ccc(Cl)cc1Cl)N1CCN(C/C=C/c2ccccc2)CC1. The first-order valence-electron chi connectivity index (χ1n) is 8.98. The van der Waals surface area contributed by atoms with Gasteiger partial charge in [-0.15, -0.1) is 0 Å². The first kappa shape index (κ1) is 19.7. The van der Waals surface area contributed by atoms with E-state index in [-0.39, 0.29) is 5.91 Å². The minimum Gasteiger partial charge on any atom is -0.337 e. The van der Waals surface area contributed by atoms with Crippen molar-refractivity contribution in [1.82, 2.24) is 9.80 Å². The lowest BCUT2D eigenvalue weighted by atomic mass is 10.2. The Balaban J connectivity index is 1.46. The lowest BCUT2D eigenvalue weighted by Gasteiger charge is -2.33. The maximum absolute atomic E-state index is 12.4. The van der Waals surface area contributed by atoms with Crippen LogP contribution in [-0.2, 0) is 4.79 Å². The zero-order chi connectivity index (χ0) is 19.1. The molecule has 0 N–H and O–H groups in total. The number of carbonyl (C=O) groups excluding carboxylic acids is 1. The van der Waals surface area contributed by atoms with Crippen molar-refractivity contribution in [1.29, 1.82) is 0 Å². The molecule has 0 saturated carbocycles. The predicted octanol–water partition coefficient (Wildman–Crippen LogP) is 4.86. The van der Waals surface area contributed by atoms with Gasteiger partial charge in [0.05, 0.1) is 0 Å². The van der Waals surface area contributed by atoms with E-state index < -0.39 is 0 Å². The largest absolute Gasteiger partial charge is 0.337 e. The molecule has 1 heterocycles. The van der Waals surface area contributed by atoms with E-state index in [1.807, 2.05) is 29.2 Å². The fraction of sp³-hybridized carbons (Fsp3) is 0.227. The summed E-state index contributed by atoms with van der Waals surface area (Å²) in [6.07, 6.45) is 7.64. The van der Waals surface area contributed by atoms with Gasteiger partial charge in [-0.05, 0) is 29.3 Å². The Morgan fingerprint density at radius 1 is 0.963 bits per heavy atom. The van der Waals surface area contributed by atoms with Crippen LogP contribution in [-0.4, -0.2) is 48.4 Å². The van der Waals surface area contributed by atoms with E-state index in [1.54, 1.807) is 24.3 Å². The summed E-state index contributed by atoms with van der Waals surface area (Å²) in [5.74, 6) is 0.0143. The van der Waals surface area contributed by atoms with Gasteiger partial charge in [0.2, 0.25) is 5.91 Å². The van der Waals surface area contributed by atoms with Gasteiger partial charge in [-0.1, -0.05) is 71.8 Å². The van der Waals surface area contributed by atoms with Crippen molar-refractivity contribution in [3.8, 4) is 0 Å². The number of benzene rings is 2. The molecule has 1 saturated heterocycles. The van der Waals surface area contributed by atoms with Crippen LogP contribution in [0.15, 0.2) is 60.7 Å². The highest BCUT2D eigenvalue weighted by Crippen LogP contribution is 2.22. The molecular weight excluding hydrogens is 379 g/mol. The molecule has 1 fully saturated rings. The molecule has 2 aromatic carbocycles. The second-order valence-corrected chi connectivity index (χ2v) is 7.28. The van der Waals surface area contributed by atoms with Gasteiger partial charge >= 0.3 is 0 Å². The first-order chi connectivity index (χ1) is 13.1. The minimum atomic E-state index is 0.0143. The molecule has 1 aliphatic rings. The quantitative estimate of drug-likeness (QED) is 0.668. The number of hydrogen-bond acceptors (Lipinski definition) is 2. The van der Waals surface area contributed by atoms with E-state index in [1.165, 1.54) is 5.56 Å². The van der Waals surface area contributed by atoms with E-state index in [0.29, 0.717) is 10.0 Å².